The van der Waals surface area contributed by atoms with Gasteiger partial charge in [-0.25, -0.2) is 0 Å². The van der Waals surface area contributed by atoms with E-state index in [-0.39, 0.29) is 30.4 Å². The zero-order valence-corrected chi connectivity index (χ0v) is 21.4. The van der Waals surface area contributed by atoms with Crippen LogP contribution in [0.5, 0.6) is 11.5 Å². The van der Waals surface area contributed by atoms with E-state index in [0.717, 1.165) is 0 Å². The van der Waals surface area contributed by atoms with Gasteiger partial charge in [-0.1, -0.05) is 6.07 Å². The maximum Gasteiger partial charge on any atom is 0.305 e. The Morgan fingerprint density at radius 2 is 1.77 bits per heavy atom. The highest BCUT2D eigenvalue weighted by Gasteiger charge is 2.29. The molecule has 3 heterocycles. The van der Waals surface area contributed by atoms with Gasteiger partial charge in [0, 0.05) is 48.2 Å². The molecule has 0 aliphatic carbocycles. The Kier molecular flexibility index (Phi) is 7.32. The van der Waals surface area contributed by atoms with Crippen molar-refractivity contribution in [2.24, 2.45) is 0 Å². The third kappa shape index (κ3) is 5.62. The molecule has 1 atom stereocenters. The average Bonchev–Trinajstić information content (AvgIpc) is 3.64. The van der Waals surface area contributed by atoms with Crippen LogP contribution in [0.1, 0.15) is 38.1 Å². The SMILES string of the molecule is O=C(O)CC(NC(=O)c1ccc(N2CCN(C(=O)c3ccc4c(c3)OCO4)CC2)c([N+](=O)[O-])c1)c1cccs1. The van der Waals surface area contributed by atoms with E-state index >= 15 is 0 Å². The lowest BCUT2D eigenvalue weighted by molar-refractivity contribution is -0.384. The molecule has 39 heavy (non-hydrogen) atoms. The fraction of sp³-hybridized carbons (Fsp3) is 0.269. The van der Waals surface area contributed by atoms with Crippen molar-refractivity contribution in [2.75, 3.05) is 37.9 Å². The normalized spacial score (nSPS) is 15.1. The molecule has 1 unspecified atom stereocenters. The molecule has 5 rings (SSSR count). The molecular weight excluding hydrogens is 528 g/mol. The number of anilines is 1. The van der Waals surface area contributed by atoms with E-state index in [9.17, 15) is 29.6 Å². The van der Waals surface area contributed by atoms with Gasteiger partial charge < -0.3 is 29.7 Å². The van der Waals surface area contributed by atoms with E-state index in [1.165, 1.54) is 29.5 Å². The molecule has 2 aliphatic rings. The van der Waals surface area contributed by atoms with Crippen molar-refractivity contribution >= 4 is 40.5 Å². The number of piperazine rings is 1. The number of ether oxygens (including phenoxy) is 2. The number of nitrogens with one attached hydrogen (secondary N) is 1. The minimum atomic E-state index is -1.08. The predicted molar refractivity (Wildman–Crippen MR) is 141 cm³/mol. The van der Waals surface area contributed by atoms with E-state index in [1.54, 1.807) is 40.6 Å². The molecule has 2 N–H and O–H groups in total. The van der Waals surface area contributed by atoms with Crippen LogP contribution in [0.2, 0.25) is 0 Å². The van der Waals surface area contributed by atoms with Gasteiger partial charge in [-0.05, 0) is 41.8 Å². The van der Waals surface area contributed by atoms with Crippen molar-refractivity contribution < 1.29 is 33.9 Å². The van der Waals surface area contributed by atoms with Crippen LogP contribution < -0.4 is 19.7 Å². The maximum absolute atomic E-state index is 13.0. The van der Waals surface area contributed by atoms with Crippen molar-refractivity contribution in [1.29, 1.82) is 0 Å². The summed E-state index contributed by atoms with van der Waals surface area (Å²) in [6.45, 7) is 1.54. The fourth-order valence-electron chi connectivity index (χ4n) is 4.57. The molecule has 2 aromatic carbocycles. The van der Waals surface area contributed by atoms with E-state index in [0.29, 0.717) is 53.8 Å². The monoisotopic (exact) mass is 552 g/mol. The summed E-state index contributed by atoms with van der Waals surface area (Å²) < 4.78 is 10.6. The minimum absolute atomic E-state index is 0.0500. The molecule has 12 nitrogen and oxygen atoms in total. The number of carboxylic acid groups (broad SMARTS) is 1. The number of nitro benzene ring substituents is 1. The van der Waals surface area contributed by atoms with Crippen LogP contribution in [0.3, 0.4) is 0 Å². The number of thiophene rings is 1. The highest BCUT2D eigenvalue weighted by atomic mass is 32.1. The Hall–Kier alpha value is -4.65. The number of hydrogen-bond acceptors (Lipinski definition) is 9. The van der Waals surface area contributed by atoms with Gasteiger partial charge in [0.2, 0.25) is 6.79 Å². The van der Waals surface area contributed by atoms with Crippen LogP contribution in [-0.2, 0) is 4.79 Å². The summed E-state index contributed by atoms with van der Waals surface area (Å²) >= 11 is 1.31. The van der Waals surface area contributed by atoms with Crippen LogP contribution >= 0.6 is 11.3 Å². The Morgan fingerprint density at radius 1 is 1.03 bits per heavy atom. The van der Waals surface area contributed by atoms with Crippen LogP contribution in [0.25, 0.3) is 0 Å². The van der Waals surface area contributed by atoms with Gasteiger partial charge in [0.1, 0.15) is 5.69 Å². The van der Waals surface area contributed by atoms with Gasteiger partial charge in [-0.3, -0.25) is 24.5 Å². The second-order valence-electron chi connectivity index (χ2n) is 8.95. The summed E-state index contributed by atoms with van der Waals surface area (Å²) in [5.41, 5.74) is 0.614. The first-order chi connectivity index (χ1) is 18.8. The van der Waals surface area contributed by atoms with Gasteiger partial charge in [0.25, 0.3) is 17.5 Å². The molecule has 2 amide bonds. The number of fused-ring (bicyclic) bond motifs is 1. The molecule has 0 bridgehead atoms. The van der Waals surface area contributed by atoms with Gasteiger partial charge >= 0.3 is 5.97 Å². The summed E-state index contributed by atoms with van der Waals surface area (Å²) in [7, 11) is 0. The first-order valence-electron chi connectivity index (χ1n) is 12.1. The van der Waals surface area contributed by atoms with Crippen molar-refractivity contribution in [3.05, 3.63) is 80.0 Å². The summed E-state index contributed by atoms with van der Waals surface area (Å²) in [6, 6.07) is 11.9. The number of carbonyl (C=O) groups is 3. The summed E-state index contributed by atoms with van der Waals surface area (Å²) in [4.78, 5) is 52.8. The second kappa shape index (κ2) is 11.0. The predicted octanol–water partition coefficient (Wildman–Crippen LogP) is 3.29. The molecule has 0 spiro atoms. The van der Waals surface area contributed by atoms with Crippen molar-refractivity contribution in [2.45, 2.75) is 12.5 Å². The molecule has 2 aliphatic heterocycles. The Balaban J connectivity index is 1.27. The van der Waals surface area contributed by atoms with Crippen molar-refractivity contribution in [3.63, 3.8) is 0 Å². The number of benzene rings is 2. The zero-order chi connectivity index (χ0) is 27.5. The maximum atomic E-state index is 13.0. The van der Waals surface area contributed by atoms with E-state index < -0.39 is 22.8 Å². The zero-order valence-electron chi connectivity index (χ0n) is 20.6. The molecule has 13 heteroatoms. The van der Waals surface area contributed by atoms with E-state index in [4.69, 9.17) is 9.47 Å². The average molecular weight is 553 g/mol. The molecule has 1 fully saturated rings. The number of carbonyl (C=O) groups excluding carboxylic acids is 2. The first-order valence-corrected chi connectivity index (χ1v) is 13.0. The third-order valence-electron chi connectivity index (χ3n) is 6.53. The van der Waals surface area contributed by atoms with Crippen molar-refractivity contribution in [1.82, 2.24) is 10.2 Å². The molecule has 0 radical (unpaired) electrons. The number of rotatable bonds is 8. The van der Waals surface area contributed by atoms with Gasteiger partial charge in [0.15, 0.2) is 11.5 Å². The molecule has 0 saturated carbocycles. The highest BCUT2D eigenvalue weighted by molar-refractivity contribution is 7.10. The number of nitrogens with zero attached hydrogens (tertiary/aromatic N) is 3. The summed E-state index contributed by atoms with van der Waals surface area (Å²) in [5, 5.41) is 25.6. The Labute approximate surface area is 226 Å². The molecule has 202 valence electrons. The third-order valence-corrected chi connectivity index (χ3v) is 7.52. The van der Waals surface area contributed by atoms with Crippen molar-refractivity contribution in [3.8, 4) is 11.5 Å². The Morgan fingerprint density at radius 3 is 2.46 bits per heavy atom. The second-order valence-corrected chi connectivity index (χ2v) is 9.93. The number of aliphatic carboxylic acids is 1. The number of hydrogen-bond donors (Lipinski definition) is 2. The minimum Gasteiger partial charge on any atom is -0.481 e. The molecular formula is C26H24N4O8S. The largest absolute Gasteiger partial charge is 0.481 e. The molecule has 1 aromatic heterocycles. The number of carboxylic acids is 1. The quantitative estimate of drug-likeness (QED) is 0.317. The fourth-order valence-corrected chi connectivity index (χ4v) is 5.35. The van der Waals surface area contributed by atoms with Crippen LogP contribution in [-0.4, -0.2) is 65.7 Å². The number of amides is 2. The lowest BCUT2D eigenvalue weighted by Crippen LogP contribution is -2.49. The van der Waals surface area contributed by atoms with Crippen LogP contribution in [0, 0.1) is 10.1 Å². The van der Waals surface area contributed by atoms with E-state index in [1.807, 2.05) is 4.90 Å². The highest BCUT2D eigenvalue weighted by Crippen LogP contribution is 2.34. The lowest BCUT2D eigenvalue weighted by Gasteiger charge is -2.36. The smallest absolute Gasteiger partial charge is 0.305 e. The van der Waals surface area contributed by atoms with Gasteiger partial charge in [-0.2, -0.15) is 0 Å². The van der Waals surface area contributed by atoms with Gasteiger partial charge in [-0.15, -0.1) is 11.3 Å². The number of nitro groups is 1. The first kappa shape index (κ1) is 26.0. The summed E-state index contributed by atoms with van der Waals surface area (Å²) in [6.07, 6.45) is -0.318. The standard InChI is InChI=1S/C26H24N4O8S/c31-24(32)14-18(23-2-1-11-39-23)27-25(33)16-3-5-19(20(12-16)30(35)36)28-7-9-29(10-8-28)26(34)17-4-6-21-22(13-17)38-15-37-21/h1-6,11-13,18H,7-10,14-15H2,(H,27,33)(H,31,32). The summed E-state index contributed by atoms with van der Waals surface area (Å²) in [5.74, 6) is -0.751. The Bertz CT molecular complexity index is 1420. The topological polar surface area (TPSA) is 152 Å². The van der Waals surface area contributed by atoms with Crippen LogP contribution in [0.4, 0.5) is 11.4 Å². The van der Waals surface area contributed by atoms with E-state index in [2.05, 4.69) is 5.32 Å². The molecule has 1 saturated heterocycles. The van der Waals surface area contributed by atoms with Crippen LogP contribution in [0.15, 0.2) is 53.9 Å². The van der Waals surface area contributed by atoms with Gasteiger partial charge in [0.05, 0.1) is 17.4 Å². The molecule has 3 aromatic rings. The lowest BCUT2D eigenvalue weighted by atomic mass is 10.1.